The molecule has 0 spiro atoms. The highest BCUT2D eigenvalue weighted by atomic mass is 16.5. The zero-order valence-electron chi connectivity index (χ0n) is 9.61. The molecular weight excluding hydrogens is 202 g/mol. The second-order valence-corrected chi connectivity index (χ2v) is 4.03. The Labute approximate surface area is 96.0 Å². The van der Waals surface area contributed by atoms with E-state index in [-0.39, 0.29) is 5.78 Å². The number of para-hydroxylation sites is 1. The van der Waals surface area contributed by atoms with Crippen LogP contribution in [-0.4, -0.2) is 32.1 Å². The zero-order valence-corrected chi connectivity index (χ0v) is 9.61. The predicted octanol–water partition coefficient (Wildman–Crippen LogP) is 2.12. The first-order valence-electron chi connectivity index (χ1n) is 5.71. The van der Waals surface area contributed by atoms with E-state index in [0.717, 1.165) is 44.0 Å². The van der Waals surface area contributed by atoms with Crippen LogP contribution in [0.3, 0.4) is 0 Å². The lowest BCUT2D eigenvalue weighted by Crippen LogP contribution is -2.27. The Morgan fingerprint density at radius 3 is 2.88 bits per heavy atom. The predicted molar refractivity (Wildman–Crippen MR) is 64.1 cm³/mol. The maximum Gasteiger partial charge on any atom is 0.161 e. The van der Waals surface area contributed by atoms with Gasteiger partial charge in [-0.15, -0.1) is 0 Å². The second kappa shape index (κ2) is 5.12. The van der Waals surface area contributed by atoms with Gasteiger partial charge in [-0.2, -0.15) is 0 Å². The third-order valence-electron chi connectivity index (χ3n) is 2.85. The fourth-order valence-electron chi connectivity index (χ4n) is 2.03. The van der Waals surface area contributed by atoms with Crippen molar-refractivity contribution in [1.29, 1.82) is 0 Å². The number of carbonyl (C=O) groups is 1. The fourth-order valence-corrected chi connectivity index (χ4v) is 2.03. The number of benzene rings is 1. The van der Waals surface area contributed by atoms with Gasteiger partial charge in [0, 0.05) is 30.9 Å². The van der Waals surface area contributed by atoms with Crippen LogP contribution in [0.1, 0.15) is 23.7 Å². The van der Waals surface area contributed by atoms with Crippen LogP contribution in [0, 0.1) is 0 Å². The van der Waals surface area contributed by atoms with Crippen molar-refractivity contribution in [3.05, 3.63) is 29.8 Å². The molecule has 0 amide bonds. The molecule has 1 saturated heterocycles. The minimum atomic E-state index is 0.126. The summed E-state index contributed by atoms with van der Waals surface area (Å²) >= 11 is 0. The first-order valence-corrected chi connectivity index (χ1v) is 5.71. The molecule has 1 aromatic rings. The summed E-state index contributed by atoms with van der Waals surface area (Å²) in [6.07, 6.45) is 1.02. The molecule has 0 bridgehead atoms. The van der Waals surface area contributed by atoms with Crippen LogP contribution in [0.2, 0.25) is 0 Å². The van der Waals surface area contributed by atoms with E-state index in [1.165, 1.54) is 0 Å². The van der Waals surface area contributed by atoms with Crippen LogP contribution in [0.25, 0.3) is 0 Å². The Morgan fingerprint density at radius 2 is 2.06 bits per heavy atom. The van der Waals surface area contributed by atoms with Gasteiger partial charge in [0.15, 0.2) is 5.78 Å². The SMILES string of the molecule is CC(=O)c1ccccc1N1CCCOCC1. The van der Waals surface area contributed by atoms with Gasteiger partial charge in [-0.1, -0.05) is 12.1 Å². The minimum Gasteiger partial charge on any atom is -0.380 e. The minimum absolute atomic E-state index is 0.126. The number of ketones is 1. The Balaban J connectivity index is 2.27. The number of carbonyl (C=O) groups excluding carboxylic acids is 1. The number of ether oxygens (including phenoxy) is 1. The van der Waals surface area contributed by atoms with Gasteiger partial charge in [0.2, 0.25) is 0 Å². The van der Waals surface area contributed by atoms with Crippen LogP contribution in [0.15, 0.2) is 24.3 Å². The normalized spacial score (nSPS) is 16.9. The number of hydrogen-bond acceptors (Lipinski definition) is 3. The Hall–Kier alpha value is -1.35. The van der Waals surface area contributed by atoms with E-state index in [0.29, 0.717) is 0 Å². The highest BCUT2D eigenvalue weighted by Crippen LogP contribution is 2.21. The standard InChI is InChI=1S/C13H17NO2/c1-11(15)12-5-2-3-6-13(12)14-7-4-9-16-10-8-14/h2-3,5-6H,4,7-10H2,1H3. The molecular formula is C13H17NO2. The van der Waals surface area contributed by atoms with Gasteiger partial charge in [-0.3, -0.25) is 4.79 Å². The first kappa shape index (κ1) is 11.1. The van der Waals surface area contributed by atoms with E-state index in [4.69, 9.17) is 4.74 Å². The average molecular weight is 219 g/mol. The highest BCUT2D eigenvalue weighted by molar-refractivity contribution is 5.99. The molecule has 1 aliphatic heterocycles. The van der Waals surface area contributed by atoms with Crippen molar-refractivity contribution >= 4 is 11.5 Å². The summed E-state index contributed by atoms with van der Waals surface area (Å²) in [5.41, 5.74) is 1.85. The number of anilines is 1. The third kappa shape index (κ3) is 2.42. The van der Waals surface area contributed by atoms with Gasteiger partial charge in [0.05, 0.1) is 6.61 Å². The summed E-state index contributed by atoms with van der Waals surface area (Å²) in [6.45, 7) is 5.01. The maximum absolute atomic E-state index is 11.5. The maximum atomic E-state index is 11.5. The number of nitrogens with zero attached hydrogens (tertiary/aromatic N) is 1. The average Bonchev–Trinajstić information content (AvgIpc) is 2.57. The van der Waals surface area contributed by atoms with Crippen LogP contribution in [-0.2, 0) is 4.74 Å². The molecule has 86 valence electrons. The molecule has 0 unspecified atom stereocenters. The van der Waals surface area contributed by atoms with Crippen LogP contribution < -0.4 is 4.90 Å². The number of rotatable bonds is 2. The molecule has 1 heterocycles. The second-order valence-electron chi connectivity index (χ2n) is 4.03. The van der Waals surface area contributed by atoms with Gasteiger partial charge in [-0.25, -0.2) is 0 Å². The van der Waals surface area contributed by atoms with Crippen LogP contribution >= 0.6 is 0 Å². The lowest BCUT2D eigenvalue weighted by molar-refractivity contribution is 0.101. The monoisotopic (exact) mass is 219 g/mol. The van der Waals surface area contributed by atoms with Crippen molar-refractivity contribution in [3.8, 4) is 0 Å². The van der Waals surface area contributed by atoms with Crippen LogP contribution in [0.4, 0.5) is 5.69 Å². The summed E-state index contributed by atoms with van der Waals surface area (Å²) in [4.78, 5) is 13.8. The van der Waals surface area contributed by atoms with Crippen molar-refractivity contribution in [1.82, 2.24) is 0 Å². The highest BCUT2D eigenvalue weighted by Gasteiger charge is 2.14. The van der Waals surface area contributed by atoms with Crippen molar-refractivity contribution < 1.29 is 9.53 Å². The molecule has 0 N–H and O–H groups in total. The first-order chi connectivity index (χ1) is 7.79. The molecule has 1 aliphatic rings. The Kier molecular flexibility index (Phi) is 3.57. The Morgan fingerprint density at radius 1 is 1.25 bits per heavy atom. The van der Waals surface area contributed by atoms with Crippen LogP contribution in [0.5, 0.6) is 0 Å². The molecule has 0 aromatic heterocycles. The van der Waals surface area contributed by atoms with Crippen molar-refractivity contribution in [3.63, 3.8) is 0 Å². The number of Topliss-reactive ketones (excluding diaryl/α,β-unsaturated/α-hetero) is 1. The molecule has 2 rings (SSSR count). The molecule has 0 atom stereocenters. The van der Waals surface area contributed by atoms with Crippen molar-refractivity contribution in [2.24, 2.45) is 0 Å². The van der Waals surface area contributed by atoms with Gasteiger partial charge >= 0.3 is 0 Å². The topological polar surface area (TPSA) is 29.5 Å². The lowest BCUT2D eigenvalue weighted by Gasteiger charge is -2.23. The van der Waals surface area contributed by atoms with E-state index in [9.17, 15) is 4.79 Å². The largest absolute Gasteiger partial charge is 0.380 e. The van der Waals surface area contributed by atoms with E-state index < -0.39 is 0 Å². The molecule has 1 aromatic carbocycles. The van der Waals surface area contributed by atoms with Crippen molar-refractivity contribution in [2.75, 3.05) is 31.2 Å². The Bertz CT molecular complexity index is 368. The lowest BCUT2D eigenvalue weighted by atomic mass is 10.1. The van der Waals surface area contributed by atoms with E-state index in [1.807, 2.05) is 24.3 Å². The summed E-state index contributed by atoms with van der Waals surface area (Å²) in [5.74, 6) is 0.126. The zero-order chi connectivity index (χ0) is 11.4. The molecule has 0 saturated carbocycles. The van der Waals surface area contributed by atoms with E-state index in [1.54, 1.807) is 6.92 Å². The summed E-state index contributed by atoms with van der Waals surface area (Å²) in [5, 5.41) is 0. The van der Waals surface area contributed by atoms with Gasteiger partial charge in [0.1, 0.15) is 0 Å². The molecule has 3 nitrogen and oxygen atoms in total. The molecule has 16 heavy (non-hydrogen) atoms. The molecule has 0 aliphatic carbocycles. The smallest absolute Gasteiger partial charge is 0.161 e. The van der Waals surface area contributed by atoms with E-state index in [2.05, 4.69) is 4.90 Å². The fraction of sp³-hybridized carbons (Fsp3) is 0.462. The summed E-state index contributed by atoms with van der Waals surface area (Å²) < 4.78 is 5.42. The molecule has 3 heteroatoms. The van der Waals surface area contributed by atoms with E-state index >= 15 is 0 Å². The quantitative estimate of drug-likeness (QED) is 0.713. The van der Waals surface area contributed by atoms with Crippen molar-refractivity contribution in [2.45, 2.75) is 13.3 Å². The van der Waals surface area contributed by atoms with Gasteiger partial charge in [-0.05, 0) is 25.5 Å². The third-order valence-corrected chi connectivity index (χ3v) is 2.85. The number of hydrogen-bond donors (Lipinski definition) is 0. The summed E-state index contributed by atoms with van der Waals surface area (Å²) in [6, 6.07) is 7.80. The summed E-state index contributed by atoms with van der Waals surface area (Å²) in [7, 11) is 0. The molecule has 0 radical (unpaired) electrons. The van der Waals surface area contributed by atoms with Gasteiger partial charge < -0.3 is 9.64 Å². The van der Waals surface area contributed by atoms with Gasteiger partial charge in [0.25, 0.3) is 0 Å². The molecule has 1 fully saturated rings.